The van der Waals surface area contributed by atoms with E-state index in [0.717, 1.165) is 5.56 Å². The van der Waals surface area contributed by atoms with Crippen molar-refractivity contribution in [1.82, 2.24) is 4.90 Å². The predicted octanol–water partition coefficient (Wildman–Crippen LogP) is 3.65. The maximum atomic E-state index is 12.1. The summed E-state index contributed by atoms with van der Waals surface area (Å²) < 4.78 is 5.37. The molecule has 3 heteroatoms. The van der Waals surface area contributed by atoms with Gasteiger partial charge >= 0.3 is 6.09 Å². The average molecular weight is 267 g/mol. The number of fused-ring (bicyclic) bond motifs is 1. The number of rotatable bonds is 2. The number of nitrogens with zero attached hydrogens (tertiary/aromatic N) is 1. The van der Waals surface area contributed by atoms with Crippen LogP contribution in [0, 0.1) is 6.92 Å². The van der Waals surface area contributed by atoms with Crippen LogP contribution >= 0.6 is 0 Å². The van der Waals surface area contributed by atoms with Crippen molar-refractivity contribution in [2.45, 2.75) is 26.6 Å². The quantitative estimate of drug-likeness (QED) is 0.831. The van der Waals surface area contributed by atoms with Crippen LogP contribution in [0.5, 0.6) is 0 Å². The highest BCUT2D eigenvalue weighted by Crippen LogP contribution is 2.26. The van der Waals surface area contributed by atoms with Crippen molar-refractivity contribution >= 4 is 6.09 Å². The summed E-state index contributed by atoms with van der Waals surface area (Å²) in [4.78, 5) is 13.9. The van der Waals surface area contributed by atoms with Gasteiger partial charge < -0.3 is 4.74 Å². The van der Waals surface area contributed by atoms with Crippen molar-refractivity contribution in [3.05, 3.63) is 70.8 Å². The lowest BCUT2D eigenvalue weighted by Gasteiger charge is -2.15. The van der Waals surface area contributed by atoms with E-state index in [1.54, 1.807) is 4.90 Å². The van der Waals surface area contributed by atoms with Crippen LogP contribution in [0.3, 0.4) is 0 Å². The molecule has 1 aliphatic rings. The van der Waals surface area contributed by atoms with Gasteiger partial charge in [-0.3, -0.25) is 4.90 Å². The molecule has 2 aromatic carbocycles. The molecule has 0 unspecified atom stereocenters. The minimum absolute atomic E-state index is 0.246. The standard InChI is InChI=1S/C17H17NO2/c1-13-6-5-9-15-10-18(11-16(13)15)17(19)20-12-14-7-3-2-4-8-14/h2-9H,10-12H2,1H3. The van der Waals surface area contributed by atoms with Crippen LogP contribution in [-0.4, -0.2) is 11.0 Å². The number of amides is 1. The first-order chi connectivity index (χ1) is 9.74. The zero-order chi connectivity index (χ0) is 13.9. The van der Waals surface area contributed by atoms with Gasteiger partial charge in [0.25, 0.3) is 0 Å². The molecule has 0 radical (unpaired) electrons. The second-order valence-electron chi connectivity index (χ2n) is 5.11. The van der Waals surface area contributed by atoms with E-state index in [1.807, 2.05) is 36.4 Å². The lowest BCUT2D eigenvalue weighted by Crippen LogP contribution is -2.26. The Labute approximate surface area is 118 Å². The summed E-state index contributed by atoms with van der Waals surface area (Å²) in [6.45, 7) is 3.70. The van der Waals surface area contributed by atoms with Crippen molar-refractivity contribution in [3.63, 3.8) is 0 Å². The lowest BCUT2D eigenvalue weighted by molar-refractivity contribution is 0.0955. The molecule has 1 aliphatic heterocycles. The van der Waals surface area contributed by atoms with Crippen molar-refractivity contribution < 1.29 is 9.53 Å². The first-order valence-corrected chi connectivity index (χ1v) is 6.77. The Morgan fingerprint density at radius 3 is 2.65 bits per heavy atom. The second-order valence-corrected chi connectivity index (χ2v) is 5.11. The Hall–Kier alpha value is -2.29. The van der Waals surface area contributed by atoms with E-state index >= 15 is 0 Å². The molecule has 3 nitrogen and oxygen atoms in total. The Kier molecular flexibility index (Phi) is 3.42. The SMILES string of the molecule is Cc1cccc2c1CN(C(=O)OCc1ccccc1)C2. The van der Waals surface area contributed by atoms with Crippen LogP contribution in [0.25, 0.3) is 0 Å². The maximum absolute atomic E-state index is 12.1. The van der Waals surface area contributed by atoms with Crippen LogP contribution in [0.4, 0.5) is 4.79 Å². The van der Waals surface area contributed by atoms with Crippen LogP contribution in [0.1, 0.15) is 22.3 Å². The van der Waals surface area contributed by atoms with Crippen LogP contribution < -0.4 is 0 Å². The molecule has 102 valence electrons. The molecule has 20 heavy (non-hydrogen) atoms. The largest absolute Gasteiger partial charge is 0.445 e. The molecular weight excluding hydrogens is 250 g/mol. The summed E-state index contributed by atoms with van der Waals surface area (Å²) in [5, 5.41) is 0. The highest BCUT2D eigenvalue weighted by molar-refractivity contribution is 5.69. The van der Waals surface area contributed by atoms with Gasteiger partial charge in [0.2, 0.25) is 0 Å². The molecule has 0 saturated heterocycles. The van der Waals surface area contributed by atoms with Crippen molar-refractivity contribution in [3.8, 4) is 0 Å². The average Bonchev–Trinajstić information content (AvgIpc) is 2.91. The van der Waals surface area contributed by atoms with E-state index in [1.165, 1.54) is 16.7 Å². The highest BCUT2D eigenvalue weighted by atomic mass is 16.6. The Morgan fingerprint density at radius 2 is 1.90 bits per heavy atom. The van der Waals surface area contributed by atoms with Crippen molar-refractivity contribution in [1.29, 1.82) is 0 Å². The van der Waals surface area contributed by atoms with Gasteiger partial charge in [-0.05, 0) is 29.2 Å². The van der Waals surface area contributed by atoms with Gasteiger partial charge in [0.15, 0.2) is 0 Å². The lowest BCUT2D eigenvalue weighted by atomic mass is 10.1. The van der Waals surface area contributed by atoms with Gasteiger partial charge in [-0.2, -0.15) is 0 Å². The van der Waals surface area contributed by atoms with E-state index in [2.05, 4.69) is 19.1 Å². The molecule has 0 fully saturated rings. The summed E-state index contributed by atoms with van der Waals surface area (Å²) in [5.74, 6) is 0. The first kappa shape index (κ1) is 12.7. The summed E-state index contributed by atoms with van der Waals surface area (Å²) >= 11 is 0. The first-order valence-electron chi connectivity index (χ1n) is 6.77. The fraction of sp³-hybridized carbons (Fsp3) is 0.235. The maximum Gasteiger partial charge on any atom is 0.410 e. The number of hydrogen-bond donors (Lipinski definition) is 0. The molecule has 0 saturated carbocycles. The summed E-state index contributed by atoms with van der Waals surface area (Å²) in [6, 6.07) is 15.9. The van der Waals surface area contributed by atoms with Gasteiger partial charge in [0.05, 0.1) is 0 Å². The van der Waals surface area contributed by atoms with E-state index in [0.29, 0.717) is 19.7 Å². The molecule has 0 spiro atoms. The molecule has 1 heterocycles. The predicted molar refractivity (Wildman–Crippen MR) is 77.1 cm³/mol. The van der Waals surface area contributed by atoms with E-state index < -0.39 is 0 Å². The Balaban J connectivity index is 1.62. The number of hydrogen-bond acceptors (Lipinski definition) is 2. The summed E-state index contributed by atoms with van der Waals surface area (Å²) in [7, 11) is 0. The fourth-order valence-corrected chi connectivity index (χ4v) is 2.53. The zero-order valence-electron chi connectivity index (χ0n) is 11.5. The topological polar surface area (TPSA) is 29.5 Å². The minimum Gasteiger partial charge on any atom is -0.445 e. The van der Waals surface area contributed by atoms with E-state index in [4.69, 9.17) is 4.74 Å². The Morgan fingerprint density at radius 1 is 1.10 bits per heavy atom. The van der Waals surface area contributed by atoms with Crippen LogP contribution in [-0.2, 0) is 24.4 Å². The molecule has 3 rings (SSSR count). The number of carbonyl (C=O) groups is 1. The van der Waals surface area contributed by atoms with Gasteiger partial charge in [-0.1, -0.05) is 48.5 Å². The number of ether oxygens (including phenoxy) is 1. The highest BCUT2D eigenvalue weighted by Gasteiger charge is 2.25. The minimum atomic E-state index is -0.246. The van der Waals surface area contributed by atoms with Gasteiger partial charge in [-0.25, -0.2) is 4.79 Å². The molecule has 0 bridgehead atoms. The number of benzene rings is 2. The Bertz CT molecular complexity index is 622. The second kappa shape index (κ2) is 5.37. The van der Waals surface area contributed by atoms with E-state index in [9.17, 15) is 4.79 Å². The third-order valence-corrected chi connectivity index (χ3v) is 3.68. The third-order valence-electron chi connectivity index (χ3n) is 3.68. The summed E-state index contributed by atoms with van der Waals surface area (Å²) in [6.07, 6.45) is -0.246. The molecule has 2 aromatic rings. The molecule has 0 N–H and O–H groups in total. The van der Waals surface area contributed by atoms with Crippen molar-refractivity contribution in [2.75, 3.05) is 0 Å². The van der Waals surface area contributed by atoms with Gasteiger partial charge in [-0.15, -0.1) is 0 Å². The molecule has 0 aromatic heterocycles. The van der Waals surface area contributed by atoms with Crippen LogP contribution in [0.2, 0.25) is 0 Å². The molecule has 0 atom stereocenters. The normalized spacial score (nSPS) is 13.2. The number of carbonyl (C=O) groups excluding carboxylic acids is 1. The molecular formula is C17H17NO2. The van der Waals surface area contributed by atoms with E-state index in [-0.39, 0.29) is 6.09 Å². The number of aryl methyl sites for hydroxylation is 1. The van der Waals surface area contributed by atoms with Gasteiger partial charge in [0, 0.05) is 13.1 Å². The molecule has 0 aliphatic carbocycles. The fourth-order valence-electron chi connectivity index (χ4n) is 2.53. The molecule has 1 amide bonds. The van der Waals surface area contributed by atoms with Crippen molar-refractivity contribution in [2.24, 2.45) is 0 Å². The monoisotopic (exact) mass is 267 g/mol. The third kappa shape index (κ3) is 2.52. The van der Waals surface area contributed by atoms with Crippen LogP contribution in [0.15, 0.2) is 48.5 Å². The summed E-state index contributed by atoms with van der Waals surface area (Å²) in [5.41, 5.74) is 4.72. The smallest absolute Gasteiger partial charge is 0.410 e. The van der Waals surface area contributed by atoms with Gasteiger partial charge in [0.1, 0.15) is 6.61 Å². The zero-order valence-corrected chi connectivity index (χ0v) is 11.5.